The highest BCUT2D eigenvalue weighted by atomic mass is 127. The number of likely N-dealkylation sites (N-methyl/N-ethyl adjacent to an activating group) is 1. The number of alkyl halides is 3. The van der Waals surface area contributed by atoms with Gasteiger partial charge in [-0.1, -0.05) is 26.7 Å². The zero-order valence-corrected chi connectivity index (χ0v) is 20.9. The second-order valence-corrected chi connectivity index (χ2v) is 9.26. The van der Waals surface area contributed by atoms with Crippen molar-refractivity contribution >= 4 is 40.0 Å². The SMILES string of the molecule is CCC(CC)C(CNC(=NC)NC1CCN(S(=O)(=O)C(F)(F)F)CC1)N(C)C.I. The van der Waals surface area contributed by atoms with Crippen LogP contribution in [0.25, 0.3) is 0 Å². The van der Waals surface area contributed by atoms with Gasteiger partial charge < -0.3 is 15.5 Å². The zero-order valence-electron chi connectivity index (χ0n) is 17.8. The Bertz CT molecular complexity index is 605. The summed E-state index contributed by atoms with van der Waals surface area (Å²) in [5.74, 6) is 1.12. The molecule has 1 rings (SSSR count). The molecular formula is C17H35F3IN5O2S. The molecule has 0 bridgehead atoms. The van der Waals surface area contributed by atoms with Crippen LogP contribution in [0.3, 0.4) is 0 Å². The van der Waals surface area contributed by atoms with Gasteiger partial charge in [-0.3, -0.25) is 4.99 Å². The standard InChI is InChI=1S/C17H34F3N5O2S.HI/c1-6-13(7-2)15(24(4)5)12-22-16(21-3)23-14-8-10-25(11-9-14)28(26,27)17(18,19)20;/h13-15H,6-12H2,1-5H3,(H2,21,22,23);1H. The monoisotopic (exact) mass is 557 g/mol. The second kappa shape index (κ2) is 12.5. The number of nitrogens with one attached hydrogen (secondary N) is 2. The molecule has 1 saturated heterocycles. The van der Waals surface area contributed by atoms with Crippen LogP contribution < -0.4 is 10.6 Å². The van der Waals surface area contributed by atoms with Crippen LogP contribution in [0.2, 0.25) is 0 Å². The number of hydrogen-bond acceptors (Lipinski definition) is 4. The highest BCUT2D eigenvalue weighted by Crippen LogP contribution is 2.28. The summed E-state index contributed by atoms with van der Waals surface area (Å²) in [5, 5.41) is 6.50. The molecule has 0 aromatic heterocycles. The molecule has 29 heavy (non-hydrogen) atoms. The summed E-state index contributed by atoms with van der Waals surface area (Å²) in [6.07, 6.45) is 2.72. The van der Waals surface area contributed by atoms with Gasteiger partial charge in [0.15, 0.2) is 5.96 Å². The van der Waals surface area contributed by atoms with Crippen LogP contribution in [0, 0.1) is 5.92 Å². The second-order valence-electron chi connectivity index (χ2n) is 7.33. The lowest BCUT2D eigenvalue weighted by Gasteiger charge is -2.34. The van der Waals surface area contributed by atoms with E-state index in [0.29, 0.717) is 41.6 Å². The Hall–Kier alpha value is -0.340. The molecule has 0 saturated carbocycles. The van der Waals surface area contributed by atoms with Gasteiger partial charge in [0.1, 0.15) is 0 Å². The number of hydrogen-bond donors (Lipinski definition) is 2. The Labute approximate surface area is 189 Å². The lowest BCUT2D eigenvalue weighted by molar-refractivity contribution is -0.0494. The van der Waals surface area contributed by atoms with Crippen molar-refractivity contribution in [2.24, 2.45) is 10.9 Å². The quantitative estimate of drug-likeness (QED) is 0.273. The molecule has 1 fully saturated rings. The molecule has 174 valence electrons. The van der Waals surface area contributed by atoms with Gasteiger partial charge in [0.2, 0.25) is 0 Å². The predicted molar refractivity (Wildman–Crippen MR) is 121 cm³/mol. The summed E-state index contributed by atoms with van der Waals surface area (Å²) in [7, 11) is 0.469. The first kappa shape index (κ1) is 28.7. The van der Waals surface area contributed by atoms with E-state index in [4.69, 9.17) is 0 Å². The molecule has 0 amide bonds. The Morgan fingerprint density at radius 1 is 1.21 bits per heavy atom. The Kier molecular flexibility index (Phi) is 12.4. The minimum Gasteiger partial charge on any atom is -0.355 e. The third-order valence-electron chi connectivity index (χ3n) is 5.39. The van der Waals surface area contributed by atoms with Crippen LogP contribution >= 0.6 is 24.0 Å². The van der Waals surface area contributed by atoms with Gasteiger partial charge in [-0.05, 0) is 32.9 Å². The summed E-state index contributed by atoms with van der Waals surface area (Å²) in [5.41, 5.74) is -5.25. The molecule has 1 aliphatic rings. The maximum atomic E-state index is 12.7. The number of guanidine groups is 1. The minimum atomic E-state index is -5.25. The van der Waals surface area contributed by atoms with E-state index >= 15 is 0 Å². The van der Waals surface area contributed by atoms with Gasteiger partial charge in [0, 0.05) is 38.8 Å². The fraction of sp³-hybridized carbons (Fsp3) is 0.941. The number of halogens is 4. The molecule has 2 N–H and O–H groups in total. The lowest BCUT2D eigenvalue weighted by atomic mass is 9.93. The number of aliphatic imine (C=N–C) groups is 1. The summed E-state index contributed by atoms with van der Waals surface area (Å²) in [6.45, 7) is 4.70. The van der Waals surface area contributed by atoms with Crippen molar-refractivity contribution in [3.63, 3.8) is 0 Å². The number of piperidine rings is 1. The molecule has 0 radical (unpaired) electrons. The van der Waals surface area contributed by atoms with Crippen molar-refractivity contribution in [2.45, 2.75) is 57.1 Å². The highest BCUT2D eigenvalue weighted by Gasteiger charge is 2.50. The molecule has 1 unspecified atom stereocenters. The molecular weight excluding hydrogens is 522 g/mol. The fourth-order valence-electron chi connectivity index (χ4n) is 3.58. The summed E-state index contributed by atoms with van der Waals surface area (Å²) < 4.78 is 61.5. The van der Waals surface area contributed by atoms with Gasteiger partial charge in [0.25, 0.3) is 0 Å². The van der Waals surface area contributed by atoms with Crippen LogP contribution in [-0.4, -0.2) is 82.0 Å². The smallest absolute Gasteiger partial charge is 0.355 e. The average molecular weight is 557 g/mol. The molecule has 0 spiro atoms. The van der Waals surface area contributed by atoms with Crippen molar-refractivity contribution in [1.29, 1.82) is 0 Å². The normalized spacial score (nSPS) is 18.6. The number of nitrogens with zero attached hydrogens (tertiary/aromatic N) is 3. The van der Waals surface area contributed by atoms with E-state index in [-0.39, 0.29) is 43.1 Å². The molecule has 0 aromatic carbocycles. The highest BCUT2D eigenvalue weighted by molar-refractivity contribution is 14.0. The Morgan fingerprint density at radius 2 is 1.72 bits per heavy atom. The minimum absolute atomic E-state index is 0. The van der Waals surface area contributed by atoms with Gasteiger partial charge >= 0.3 is 15.5 Å². The van der Waals surface area contributed by atoms with E-state index in [1.54, 1.807) is 7.05 Å². The first-order valence-electron chi connectivity index (χ1n) is 9.67. The molecule has 0 aromatic rings. The zero-order chi connectivity index (χ0) is 21.5. The van der Waals surface area contributed by atoms with Crippen molar-refractivity contribution in [3.05, 3.63) is 0 Å². The van der Waals surface area contributed by atoms with Crippen molar-refractivity contribution in [2.75, 3.05) is 40.8 Å². The average Bonchev–Trinajstić information content (AvgIpc) is 2.63. The summed E-state index contributed by atoms with van der Waals surface area (Å²) in [6, 6.07) is 0.198. The fourth-order valence-corrected chi connectivity index (χ4v) is 4.56. The number of rotatable bonds is 8. The molecule has 0 aliphatic carbocycles. The van der Waals surface area contributed by atoms with Crippen LogP contribution in [0.15, 0.2) is 4.99 Å². The van der Waals surface area contributed by atoms with Crippen LogP contribution in [0.4, 0.5) is 13.2 Å². The first-order valence-corrected chi connectivity index (χ1v) is 11.1. The van der Waals surface area contributed by atoms with E-state index < -0.39 is 15.5 Å². The third kappa shape index (κ3) is 8.02. The molecule has 1 aliphatic heterocycles. The van der Waals surface area contributed by atoms with Crippen LogP contribution in [0.5, 0.6) is 0 Å². The largest absolute Gasteiger partial charge is 0.511 e. The Morgan fingerprint density at radius 3 is 2.10 bits per heavy atom. The third-order valence-corrected chi connectivity index (χ3v) is 7.02. The maximum absolute atomic E-state index is 12.7. The lowest BCUT2D eigenvalue weighted by Crippen LogP contribution is -2.53. The van der Waals surface area contributed by atoms with Crippen molar-refractivity contribution in [1.82, 2.24) is 19.8 Å². The van der Waals surface area contributed by atoms with E-state index in [1.165, 1.54) is 0 Å². The number of sulfonamides is 1. The van der Waals surface area contributed by atoms with E-state index in [2.05, 4.69) is 34.4 Å². The Balaban J connectivity index is 0.00000784. The summed E-state index contributed by atoms with van der Waals surface area (Å²) in [4.78, 5) is 6.37. The van der Waals surface area contributed by atoms with Crippen molar-refractivity contribution in [3.8, 4) is 0 Å². The van der Waals surface area contributed by atoms with Gasteiger partial charge in [-0.25, -0.2) is 8.42 Å². The maximum Gasteiger partial charge on any atom is 0.511 e. The van der Waals surface area contributed by atoms with Gasteiger partial charge in [0.05, 0.1) is 0 Å². The van der Waals surface area contributed by atoms with E-state index in [1.807, 2.05) is 14.1 Å². The van der Waals surface area contributed by atoms with Gasteiger partial charge in [-0.2, -0.15) is 17.5 Å². The topological polar surface area (TPSA) is 77.0 Å². The van der Waals surface area contributed by atoms with E-state index in [9.17, 15) is 21.6 Å². The van der Waals surface area contributed by atoms with Gasteiger partial charge in [-0.15, -0.1) is 24.0 Å². The molecule has 1 atom stereocenters. The predicted octanol–water partition coefficient (Wildman–Crippen LogP) is 2.45. The molecule has 7 nitrogen and oxygen atoms in total. The molecule has 1 heterocycles. The molecule has 12 heteroatoms. The van der Waals surface area contributed by atoms with Crippen molar-refractivity contribution < 1.29 is 21.6 Å². The first-order chi connectivity index (χ1) is 13.0. The van der Waals surface area contributed by atoms with Crippen LogP contribution in [0.1, 0.15) is 39.5 Å². The summed E-state index contributed by atoms with van der Waals surface area (Å²) >= 11 is 0. The van der Waals surface area contributed by atoms with E-state index in [0.717, 1.165) is 12.8 Å². The van der Waals surface area contributed by atoms with Crippen LogP contribution in [-0.2, 0) is 10.0 Å².